The number of fused-ring (bicyclic) bond motifs is 1. The van der Waals surface area contributed by atoms with E-state index < -0.39 is 65.8 Å². The molecule has 0 aromatic carbocycles. The molecule has 3 aliphatic rings. The van der Waals surface area contributed by atoms with Gasteiger partial charge in [0.15, 0.2) is 5.78 Å². The fourth-order valence-corrected chi connectivity index (χ4v) is 6.94. The second-order valence-electron chi connectivity index (χ2n) is 12.1. The van der Waals surface area contributed by atoms with Crippen LogP contribution in [0.1, 0.15) is 60.8 Å². The summed E-state index contributed by atoms with van der Waals surface area (Å²) < 4.78 is 0. The monoisotopic (exact) mass is 618 g/mol. The third kappa shape index (κ3) is 7.56. The highest BCUT2D eigenvalue weighted by molar-refractivity contribution is 7.99. The summed E-state index contributed by atoms with van der Waals surface area (Å²) in [4.78, 5) is 73.5. The molecule has 0 heterocycles. The van der Waals surface area contributed by atoms with E-state index >= 15 is 0 Å². The van der Waals surface area contributed by atoms with Gasteiger partial charge in [-0.3, -0.25) is 24.0 Å². The lowest BCUT2D eigenvalue weighted by Crippen LogP contribution is -2.51. The van der Waals surface area contributed by atoms with Gasteiger partial charge in [0.25, 0.3) is 0 Å². The summed E-state index contributed by atoms with van der Waals surface area (Å²) in [5.41, 5.74) is 2.30. The van der Waals surface area contributed by atoms with Crippen molar-refractivity contribution in [3.05, 3.63) is 33.9 Å². The Balaban J connectivity index is 1.53. The normalized spacial score (nSPS) is 21.7. The van der Waals surface area contributed by atoms with Crippen LogP contribution in [0.3, 0.4) is 0 Å². The van der Waals surface area contributed by atoms with Crippen LogP contribution < -0.4 is 21.3 Å². The van der Waals surface area contributed by atoms with Crippen LogP contribution in [0.5, 0.6) is 0 Å². The largest absolute Gasteiger partial charge is 0.480 e. The Morgan fingerprint density at radius 3 is 2.19 bits per heavy atom. The van der Waals surface area contributed by atoms with Gasteiger partial charge in [-0.25, -0.2) is 4.79 Å². The second-order valence-corrected chi connectivity index (χ2v) is 13.1. The van der Waals surface area contributed by atoms with Gasteiger partial charge >= 0.3 is 5.97 Å². The average Bonchev–Trinajstić information content (AvgIpc) is 3.67. The lowest BCUT2D eigenvalue weighted by atomic mass is 9.67. The van der Waals surface area contributed by atoms with E-state index in [0.29, 0.717) is 11.3 Å². The summed E-state index contributed by atoms with van der Waals surface area (Å²) >= 11 is 1.40. The number of rotatable bonds is 14. The number of carboxylic acid groups (broad SMARTS) is 1. The van der Waals surface area contributed by atoms with Gasteiger partial charge in [-0.1, -0.05) is 19.4 Å². The van der Waals surface area contributed by atoms with Crippen LogP contribution in [0.25, 0.3) is 0 Å². The Labute approximate surface area is 255 Å². The number of aliphatic carboxylic acids is 1. The van der Waals surface area contributed by atoms with Crippen molar-refractivity contribution in [3.8, 4) is 0 Å². The molecule has 1 saturated carbocycles. The summed E-state index contributed by atoms with van der Waals surface area (Å²) in [5, 5.41) is 30.0. The molecule has 236 valence electrons. The van der Waals surface area contributed by atoms with Gasteiger partial charge in [0.2, 0.25) is 23.6 Å². The number of hydrogen-bond acceptors (Lipinski definition) is 8. The SMILES string of the molecule is CC(=O)N[C@H](CSCC1=C(C)C=C2C(=O)[C@](C)(O)C3(CC3)C(C)=C21)C(=O)NCC(=O)NCC(=O)N[C@@H](CC(C)C)C(=O)O. The number of carbonyl (C=O) groups excluding carboxylic acids is 5. The molecule has 13 heteroatoms. The van der Waals surface area contributed by atoms with E-state index in [0.717, 1.165) is 35.1 Å². The van der Waals surface area contributed by atoms with Crippen molar-refractivity contribution >= 4 is 47.1 Å². The maximum atomic E-state index is 13.2. The molecule has 0 bridgehead atoms. The molecule has 0 aromatic heterocycles. The Morgan fingerprint density at radius 1 is 1.00 bits per heavy atom. The van der Waals surface area contributed by atoms with Crippen molar-refractivity contribution in [2.24, 2.45) is 11.3 Å². The molecule has 0 aliphatic heterocycles. The highest BCUT2D eigenvalue weighted by atomic mass is 32.2. The van der Waals surface area contributed by atoms with E-state index in [9.17, 15) is 39.0 Å². The minimum Gasteiger partial charge on any atom is -0.480 e. The summed E-state index contributed by atoms with van der Waals surface area (Å²) in [5.74, 6) is -3.08. The molecule has 43 heavy (non-hydrogen) atoms. The number of allylic oxidation sites excluding steroid dienone is 3. The summed E-state index contributed by atoms with van der Waals surface area (Å²) in [7, 11) is 0. The Morgan fingerprint density at radius 2 is 1.63 bits per heavy atom. The van der Waals surface area contributed by atoms with Crippen LogP contribution in [-0.4, -0.2) is 87.9 Å². The van der Waals surface area contributed by atoms with Gasteiger partial charge < -0.3 is 31.5 Å². The first kappa shape index (κ1) is 34.0. The number of hydrogen-bond donors (Lipinski definition) is 6. The average molecular weight is 619 g/mol. The maximum absolute atomic E-state index is 13.2. The number of carbonyl (C=O) groups is 6. The predicted molar refractivity (Wildman–Crippen MR) is 161 cm³/mol. The molecule has 0 radical (unpaired) electrons. The predicted octanol–water partition coefficient (Wildman–Crippen LogP) is 0.759. The van der Waals surface area contributed by atoms with Crippen LogP contribution in [0.15, 0.2) is 33.9 Å². The Kier molecular flexibility index (Phi) is 10.7. The molecule has 0 saturated heterocycles. The van der Waals surface area contributed by atoms with Crippen molar-refractivity contribution in [1.82, 2.24) is 21.3 Å². The molecule has 3 atom stereocenters. The molecular formula is C30H42N4O8S. The summed E-state index contributed by atoms with van der Waals surface area (Å²) in [6, 6.07) is -2.02. The topological polar surface area (TPSA) is 191 Å². The summed E-state index contributed by atoms with van der Waals surface area (Å²) in [6.07, 6.45) is 3.54. The zero-order chi connectivity index (χ0) is 32.3. The van der Waals surface area contributed by atoms with Gasteiger partial charge in [0, 0.05) is 29.4 Å². The molecule has 4 amide bonds. The molecule has 12 nitrogen and oxygen atoms in total. The van der Waals surface area contributed by atoms with Crippen LogP contribution >= 0.6 is 11.8 Å². The number of carboxylic acids is 1. The zero-order valence-corrected chi connectivity index (χ0v) is 26.3. The second kappa shape index (κ2) is 13.5. The van der Waals surface area contributed by atoms with E-state index in [1.54, 1.807) is 6.92 Å². The van der Waals surface area contributed by atoms with E-state index in [1.165, 1.54) is 18.7 Å². The van der Waals surface area contributed by atoms with E-state index in [2.05, 4.69) is 21.3 Å². The molecule has 0 aromatic rings. The molecular weight excluding hydrogens is 576 g/mol. The number of nitrogens with one attached hydrogen (secondary N) is 4. The van der Waals surface area contributed by atoms with Crippen molar-refractivity contribution < 1.29 is 39.0 Å². The molecule has 1 spiro atoms. The molecule has 6 N–H and O–H groups in total. The standard InChI is InChI=1S/C30H42N4O8S/c1-15(2)9-21(28(40)41)34-24(37)12-31-23(36)11-32-27(39)22(33-18(5)35)14-43-13-20-16(3)10-19-25(20)17(4)30(7-8-30)29(6,42)26(19)38/h10,15,21-22,42H,7-9,11-14H2,1-6H3,(H,31,36)(H,32,39)(H,33,35)(H,34,37)(H,40,41)/t21-,22+,29-/m0/s1. The number of amides is 4. The van der Waals surface area contributed by atoms with Crippen molar-refractivity contribution in [2.75, 3.05) is 24.6 Å². The molecule has 0 unspecified atom stereocenters. The minimum atomic E-state index is -1.44. The van der Waals surface area contributed by atoms with Crippen LogP contribution in [0, 0.1) is 11.3 Å². The van der Waals surface area contributed by atoms with Crippen LogP contribution in [0.2, 0.25) is 0 Å². The van der Waals surface area contributed by atoms with Crippen LogP contribution in [0.4, 0.5) is 0 Å². The number of aliphatic hydroxyl groups is 1. The molecule has 3 aliphatic carbocycles. The lowest BCUT2D eigenvalue weighted by Gasteiger charge is -2.39. The molecule has 1 fully saturated rings. The first-order chi connectivity index (χ1) is 20.0. The van der Waals surface area contributed by atoms with Gasteiger partial charge in [-0.15, -0.1) is 0 Å². The highest BCUT2D eigenvalue weighted by Crippen LogP contribution is 2.65. The molecule has 3 rings (SSSR count). The number of thioether (sulfide) groups is 1. The van der Waals surface area contributed by atoms with Crippen molar-refractivity contribution in [1.29, 1.82) is 0 Å². The quantitative estimate of drug-likeness (QED) is 0.163. The van der Waals surface area contributed by atoms with Crippen LogP contribution in [-0.2, 0) is 28.8 Å². The Hall–Kier alpha value is -3.45. The summed E-state index contributed by atoms with van der Waals surface area (Å²) in [6.45, 7) is 9.50. The van der Waals surface area contributed by atoms with E-state index in [4.69, 9.17) is 0 Å². The fraction of sp³-hybridized carbons (Fsp3) is 0.600. The minimum absolute atomic E-state index is 0.0408. The third-order valence-corrected chi connectivity index (χ3v) is 9.37. The van der Waals surface area contributed by atoms with Crippen molar-refractivity contribution in [3.63, 3.8) is 0 Å². The number of Topliss-reactive ketones (excluding diaryl/α,β-unsaturated/α-hetero) is 1. The van der Waals surface area contributed by atoms with Crippen molar-refractivity contribution in [2.45, 2.75) is 78.5 Å². The first-order valence-corrected chi connectivity index (χ1v) is 15.5. The fourth-order valence-electron chi connectivity index (χ4n) is 5.78. The van der Waals surface area contributed by atoms with E-state index in [-0.39, 0.29) is 23.9 Å². The zero-order valence-electron chi connectivity index (χ0n) is 25.5. The van der Waals surface area contributed by atoms with Gasteiger partial charge in [0.05, 0.1) is 13.1 Å². The first-order valence-electron chi connectivity index (χ1n) is 14.3. The van der Waals surface area contributed by atoms with Gasteiger partial charge in [-0.2, -0.15) is 11.8 Å². The van der Waals surface area contributed by atoms with Gasteiger partial charge in [0.1, 0.15) is 17.7 Å². The van der Waals surface area contributed by atoms with E-state index in [1.807, 2.05) is 33.8 Å². The lowest BCUT2D eigenvalue weighted by molar-refractivity contribution is -0.142. The Bertz CT molecular complexity index is 1310. The smallest absolute Gasteiger partial charge is 0.326 e. The highest BCUT2D eigenvalue weighted by Gasteiger charge is 2.65. The van der Waals surface area contributed by atoms with Gasteiger partial charge in [-0.05, 0) is 68.7 Å². The number of ketones is 1. The maximum Gasteiger partial charge on any atom is 0.326 e. The third-order valence-electron chi connectivity index (χ3n) is 8.30.